The first-order chi connectivity index (χ1) is 13.2. The molecule has 0 bridgehead atoms. The van der Waals surface area contributed by atoms with E-state index in [0.717, 1.165) is 30.8 Å². The van der Waals surface area contributed by atoms with Gasteiger partial charge in [0.05, 0.1) is 12.3 Å². The van der Waals surface area contributed by atoms with Crippen molar-refractivity contribution in [2.24, 2.45) is 0 Å². The van der Waals surface area contributed by atoms with Crippen LogP contribution in [0.15, 0.2) is 52.2 Å². The molecule has 0 aliphatic heterocycles. The number of rotatable bonds is 6. The van der Waals surface area contributed by atoms with Crippen LogP contribution >= 0.6 is 0 Å². The average Bonchev–Trinajstić information content (AvgIpc) is 3.28. The molecule has 0 spiro atoms. The summed E-state index contributed by atoms with van der Waals surface area (Å²) in [7, 11) is 0. The van der Waals surface area contributed by atoms with Crippen LogP contribution in [0.4, 0.5) is 0 Å². The van der Waals surface area contributed by atoms with E-state index in [2.05, 4.69) is 27.7 Å². The number of allylic oxidation sites excluding steroid dienone is 4. The Balaban J connectivity index is 1.45. The van der Waals surface area contributed by atoms with Crippen LogP contribution in [-0.2, 0) is 11.2 Å². The van der Waals surface area contributed by atoms with Crippen molar-refractivity contribution < 1.29 is 4.74 Å². The fourth-order valence-corrected chi connectivity index (χ4v) is 3.55. The lowest BCUT2D eigenvalue weighted by molar-refractivity contribution is 0.227. The smallest absolute Gasteiger partial charge is 0.274 e. The number of aromatic nitrogens is 4. The second kappa shape index (κ2) is 7.80. The second-order valence-corrected chi connectivity index (χ2v) is 7.03. The molecule has 6 heteroatoms. The van der Waals surface area contributed by atoms with Gasteiger partial charge in [0.25, 0.3) is 11.3 Å². The highest BCUT2D eigenvalue weighted by atomic mass is 16.5. The Kier molecular flexibility index (Phi) is 5.07. The number of aromatic amines is 1. The van der Waals surface area contributed by atoms with Crippen LogP contribution in [0.2, 0.25) is 0 Å². The van der Waals surface area contributed by atoms with Gasteiger partial charge < -0.3 is 4.74 Å². The highest BCUT2D eigenvalue weighted by Crippen LogP contribution is 2.31. The molecule has 1 N–H and O–H groups in total. The highest BCUT2D eigenvalue weighted by molar-refractivity contribution is 5.32. The number of hydrogen-bond acceptors (Lipinski definition) is 4. The molecule has 0 aromatic carbocycles. The summed E-state index contributed by atoms with van der Waals surface area (Å²) >= 11 is 0. The molecule has 1 saturated carbocycles. The van der Waals surface area contributed by atoms with Crippen LogP contribution in [0.1, 0.15) is 56.5 Å². The lowest BCUT2D eigenvalue weighted by Crippen LogP contribution is -2.16. The first-order valence-corrected chi connectivity index (χ1v) is 9.67. The molecule has 1 fully saturated rings. The number of ether oxygens (including phenoxy) is 1. The van der Waals surface area contributed by atoms with Crippen LogP contribution in [0.5, 0.6) is 0 Å². The lowest BCUT2D eigenvalue weighted by Gasteiger charge is -2.05. The standard InChI is InChI=1S/C21H24N4O2/c1-2-15-6-5-9-18(11-10-15)27-13-12-17-14-19(26)25-21(22-17)23-20(24-25)16-7-3-4-8-16/h6,9-11,14,16H,2-4,7-8,12-13H2,1H3,(H,22,23,24). The van der Waals surface area contributed by atoms with Crippen molar-refractivity contribution >= 4 is 5.78 Å². The number of nitrogens with zero attached hydrogens (tertiary/aromatic N) is 3. The summed E-state index contributed by atoms with van der Waals surface area (Å²) in [4.78, 5) is 21.5. The third-order valence-corrected chi connectivity index (χ3v) is 5.13. The zero-order chi connectivity index (χ0) is 18.6. The third-order valence-electron chi connectivity index (χ3n) is 5.13. The van der Waals surface area contributed by atoms with E-state index >= 15 is 0 Å². The van der Waals surface area contributed by atoms with Crippen LogP contribution < -0.4 is 5.56 Å². The Bertz CT molecular complexity index is 1010. The summed E-state index contributed by atoms with van der Waals surface area (Å²) in [5, 5.41) is 3.12. The van der Waals surface area contributed by atoms with Crippen molar-refractivity contribution in [3.63, 3.8) is 0 Å². The van der Waals surface area contributed by atoms with Gasteiger partial charge in [0, 0.05) is 24.5 Å². The molecule has 2 aliphatic carbocycles. The van der Waals surface area contributed by atoms with Gasteiger partial charge in [-0.1, -0.05) is 25.8 Å². The first kappa shape index (κ1) is 17.6. The molecule has 2 aromatic heterocycles. The van der Waals surface area contributed by atoms with E-state index in [4.69, 9.17) is 4.74 Å². The van der Waals surface area contributed by atoms with Gasteiger partial charge in [0.2, 0.25) is 0 Å². The van der Waals surface area contributed by atoms with Gasteiger partial charge in [-0.2, -0.15) is 9.50 Å². The minimum atomic E-state index is -0.126. The van der Waals surface area contributed by atoms with Crippen molar-refractivity contribution in [2.75, 3.05) is 6.61 Å². The van der Waals surface area contributed by atoms with Crippen LogP contribution in [0, 0.1) is 0 Å². The Labute approximate surface area is 158 Å². The van der Waals surface area contributed by atoms with E-state index in [9.17, 15) is 4.79 Å². The predicted molar refractivity (Wildman–Crippen MR) is 104 cm³/mol. The maximum atomic E-state index is 12.4. The Morgan fingerprint density at radius 1 is 1.26 bits per heavy atom. The highest BCUT2D eigenvalue weighted by Gasteiger charge is 2.21. The first-order valence-electron chi connectivity index (χ1n) is 9.67. The molecule has 6 nitrogen and oxygen atoms in total. The molecule has 0 radical (unpaired) electrons. The number of nitrogens with one attached hydrogen (secondary N) is 1. The van der Waals surface area contributed by atoms with E-state index in [1.54, 1.807) is 6.07 Å². The fourth-order valence-electron chi connectivity index (χ4n) is 3.55. The zero-order valence-corrected chi connectivity index (χ0v) is 15.6. The zero-order valence-electron chi connectivity index (χ0n) is 15.6. The molecule has 0 unspecified atom stereocenters. The summed E-state index contributed by atoms with van der Waals surface area (Å²) in [5.74, 6) is 2.51. The van der Waals surface area contributed by atoms with Crippen LogP contribution in [0.3, 0.4) is 0 Å². The molecule has 2 aromatic rings. The maximum absolute atomic E-state index is 12.4. The molecule has 4 rings (SSSR count). The monoisotopic (exact) mass is 364 g/mol. The normalized spacial score (nSPS) is 17.2. The van der Waals surface area contributed by atoms with Crippen molar-refractivity contribution in [1.29, 1.82) is 0 Å². The molecule has 140 valence electrons. The molecule has 2 heterocycles. The maximum Gasteiger partial charge on any atom is 0.274 e. The second-order valence-electron chi connectivity index (χ2n) is 7.03. The van der Waals surface area contributed by atoms with Crippen molar-refractivity contribution in [1.82, 2.24) is 19.6 Å². The molecule has 0 amide bonds. The largest absolute Gasteiger partial charge is 0.493 e. The van der Waals surface area contributed by atoms with Gasteiger partial charge in [-0.3, -0.25) is 9.89 Å². The topological polar surface area (TPSA) is 72.3 Å². The lowest BCUT2D eigenvalue weighted by atomic mass is 10.1. The van der Waals surface area contributed by atoms with E-state index in [-0.39, 0.29) is 5.56 Å². The van der Waals surface area contributed by atoms with E-state index < -0.39 is 0 Å². The van der Waals surface area contributed by atoms with Crippen LogP contribution in [-0.4, -0.2) is 26.2 Å². The minimum Gasteiger partial charge on any atom is -0.493 e. The molecule has 0 atom stereocenters. The summed E-state index contributed by atoms with van der Waals surface area (Å²) in [6.45, 7) is 2.55. The van der Waals surface area contributed by atoms with E-state index in [1.807, 2.05) is 24.3 Å². The van der Waals surface area contributed by atoms with Crippen LogP contribution in [0.25, 0.3) is 5.78 Å². The Morgan fingerprint density at radius 2 is 2.11 bits per heavy atom. The van der Waals surface area contributed by atoms with Crippen molar-refractivity contribution in [2.45, 2.75) is 51.4 Å². The summed E-state index contributed by atoms with van der Waals surface area (Å²) in [5.41, 5.74) is 4.90. The number of fused-ring (bicyclic) bond motifs is 1. The molecular formula is C21H24N4O2. The summed E-state index contributed by atoms with van der Waals surface area (Å²) in [6.07, 6.45) is 14.0. The van der Waals surface area contributed by atoms with Crippen molar-refractivity contribution in [3.8, 4) is 0 Å². The van der Waals surface area contributed by atoms with Gasteiger partial charge >= 0.3 is 0 Å². The molecule has 0 saturated heterocycles. The molecule has 27 heavy (non-hydrogen) atoms. The minimum absolute atomic E-state index is 0.126. The number of hydrogen-bond donors (Lipinski definition) is 1. The van der Waals surface area contributed by atoms with Gasteiger partial charge in [0.1, 0.15) is 11.6 Å². The van der Waals surface area contributed by atoms with Gasteiger partial charge in [-0.25, -0.2) is 4.98 Å². The molecular weight excluding hydrogens is 340 g/mol. The quantitative estimate of drug-likeness (QED) is 0.795. The summed E-state index contributed by atoms with van der Waals surface area (Å²) in [6, 6.07) is 1.55. The van der Waals surface area contributed by atoms with Crippen molar-refractivity contribution in [3.05, 3.63) is 69.3 Å². The average molecular weight is 364 g/mol. The van der Waals surface area contributed by atoms with Gasteiger partial charge in [0.15, 0.2) is 0 Å². The van der Waals surface area contributed by atoms with Gasteiger partial charge in [-0.15, -0.1) is 5.73 Å². The number of H-pyrrole nitrogens is 1. The Hall–Kier alpha value is -2.85. The van der Waals surface area contributed by atoms with E-state index in [1.165, 1.54) is 22.9 Å². The Morgan fingerprint density at radius 3 is 2.93 bits per heavy atom. The SMILES string of the molecule is CCC1=CC=C(OCCc2cc(=O)n3[nH]c(C4CCCC4)nc3n2)C=C=C1. The molecule has 2 aliphatic rings. The fraction of sp³-hybridized carbons (Fsp3) is 0.429. The van der Waals surface area contributed by atoms with Gasteiger partial charge in [-0.05, 0) is 37.0 Å². The third kappa shape index (κ3) is 3.96. The van der Waals surface area contributed by atoms with E-state index in [0.29, 0.717) is 30.4 Å². The summed E-state index contributed by atoms with van der Waals surface area (Å²) < 4.78 is 7.24. The predicted octanol–water partition coefficient (Wildman–Crippen LogP) is 3.58.